The van der Waals surface area contributed by atoms with Crippen LogP contribution in [0.15, 0.2) is 82.6 Å². The van der Waals surface area contributed by atoms with Gasteiger partial charge in [0.05, 0.1) is 8.80 Å². The van der Waals surface area contributed by atoms with E-state index in [1.54, 1.807) is 27.5 Å². The van der Waals surface area contributed by atoms with E-state index in [2.05, 4.69) is 156 Å². The molecule has 0 aromatic heterocycles. The van der Waals surface area contributed by atoms with E-state index in [1.165, 1.54) is 44.5 Å². The third kappa shape index (κ3) is 5.37. The van der Waals surface area contributed by atoms with Crippen LogP contribution in [0.4, 0.5) is 0 Å². The second-order valence-electron chi connectivity index (χ2n) is 15.6. The molecule has 3 aromatic carbocycles. The third-order valence-corrected chi connectivity index (χ3v) is 13.4. The van der Waals surface area contributed by atoms with Crippen molar-refractivity contribution in [3.8, 4) is 11.1 Å². The van der Waals surface area contributed by atoms with Gasteiger partial charge in [-0.2, -0.15) is 0 Å². The van der Waals surface area contributed by atoms with Crippen LogP contribution in [0.2, 0.25) is 6.55 Å². The average molecular weight is 586 g/mol. The van der Waals surface area contributed by atoms with Crippen LogP contribution >= 0.6 is 0 Å². The van der Waals surface area contributed by atoms with Gasteiger partial charge < -0.3 is 0 Å². The van der Waals surface area contributed by atoms with Crippen LogP contribution in [0.5, 0.6) is 0 Å². The fourth-order valence-electron chi connectivity index (χ4n) is 8.15. The minimum atomic E-state index is -0.953. The van der Waals surface area contributed by atoms with Gasteiger partial charge in [-0.3, -0.25) is 0 Å². The van der Waals surface area contributed by atoms with E-state index in [9.17, 15) is 0 Å². The van der Waals surface area contributed by atoms with E-state index in [0.717, 1.165) is 0 Å². The van der Waals surface area contributed by atoms with E-state index in [4.69, 9.17) is 0 Å². The van der Waals surface area contributed by atoms with Gasteiger partial charge in [0, 0.05) is 5.54 Å². The second kappa shape index (κ2) is 11.2. The summed E-state index contributed by atoms with van der Waals surface area (Å²) in [5, 5.41) is 1.73. The van der Waals surface area contributed by atoms with Crippen LogP contribution in [-0.4, -0.2) is 8.80 Å². The lowest BCUT2D eigenvalue weighted by Crippen LogP contribution is -2.29. The zero-order chi connectivity index (χ0) is 31.6. The lowest BCUT2D eigenvalue weighted by atomic mass is 9.68. The summed E-state index contributed by atoms with van der Waals surface area (Å²) in [6, 6.07) is 23.0. The van der Waals surface area contributed by atoms with Gasteiger partial charge in [0.2, 0.25) is 0 Å². The molecule has 0 saturated carbocycles. The normalized spacial score (nSPS) is 19.2. The monoisotopic (exact) mass is 585 g/mol. The molecule has 43 heavy (non-hydrogen) atoms. The molecule has 0 nitrogen and oxygen atoms in total. The maximum absolute atomic E-state index is 2.61. The molecule has 0 heterocycles. The van der Waals surface area contributed by atoms with E-state index in [-0.39, 0.29) is 10.8 Å². The molecule has 0 saturated heterocycles. The molecule has 0 amide bonds. The highest BCUT2D eigenvalue weighted by atomic mass is 28.3. The van der Waals surface area contributed by atoms with Gasteiger partial charge in [0.15, 0.2) is 0 Å². The Bertz CT molecular complexity index is 1640. The smallest absolute Gasteiger partial charge is 0.0720 e. The lowest BCUT2D eigenvalue weighted by Gasteiger charge is -2.38. The maximum Gasteiger partial charge on any atom is 0.0910 e. The standard InChI is InChI=1S/C42H53Si/c1-25(2)36-37(41(7,8)9)33(30-19-15-14-16-20-30)24-34(38(36)42(10,11)12)35-23-31-21-17-18-22-32(31)40(35)43(13)39-28(5)26(3)27(4)29(39)6/h14-25,28,40H,1-13H3. The van der Waals surface area contributed by atoms with Crippen molar-refractivity contribution in [1.29, 1.82) is 0 Å². The molecule has 3 aromatic rings. The first-order chi connectivity index (χ1) is 20.1. The Balaban J connectivity index is 1.88. The zero-order valence-corrected chi connectivity index (χ0v) is 30.1. The van der Waals surface area contributed by atoms with Crippen molar-refractivity contribution in [2.45, 2.75) is 112 Å². The highest BCUT2D eigenvalue weighted by Crippen LogP contribution is 2.53. The average Bonchev–Trinajstić information content (AvgIpc) is 3.42. The zero-order valence-electron chi connectivity index (χ0n) is 29.1. The minimum Gasteiger partial charge on any atom is -0.0720 e. The lowest BCUT2D eigenvalue weighted by molar-refractivity contribution is 0.546. The van der Waals surface area contributed by atoms with E-state index >= 15 is 0 Å². The molecular formula is C42H53Si. The first kappa shape index (κ1) is 31.5. The predicted molar refractivity (Wildman–Crippen MR) is 192 cm³/mol. The molecule has 0 fully saturated rings. The van der Waals surface area contributed by atoms with Crippen molar-refractivity contribution < 1.29 is 0 Å². The number of allylic oxidation sites excluding steroid dienone is 5. The summed E-state index contributed by atoms with van der Waals surface area (Å²) in [6.07, 6.45) is 2.57. The molecule has 2 aliphatic carbocycles. The topological polar surface area (TPSA) is 0 Å². The van der Waals surface area contributed by atoms with Gasteiger partial charge >= 0.3 is 0 Å². The van der Waals surface area contributed by atoms with Gasteiger partial charge in [-0.25, -0.2) is 0 Å². The molecule has 2 atom stereocenters. The van der Waals surface area contributed by atoms with Crippen molar-refractivity contribution in [2.24, 2.45) is 5.92 Å². The van der Waals surface area contributed by atoms with Gasteiger partial charge in [-0.1, -0.05) is 146 Å². The Hall–Kier alpha value is -2.90. The van der Waals surface area contributed by atoms with Crippen LogP contribution in [0.1, 0.15) is 128 Å². The molecule has 2 unspecified atom stereocenters. The second-order valence-corrected chi connectivity index (χ2v) is 18.1. The molecule has 1 radical (unpaired) electrons. The van der Waals surface area contributed by atoms with Crippen LogP contribution in [0.25, 0.3) is 22.8 Å². The van der Waals surface area contributed by atoms with Crippen molar-refractivity contribution >= 4 is 20.4 Å². The Morgan fingerprint density at radius 2 is 1.28 bits per heavy atom. The summed E-state index contributed by atoms with van der Waals surface area (Å²) in [4.78, 5) is 0. The van der Waals surface area contributed by atoms with Crippen molar-refractivity contribution in [3.63, 3.8) is 0 Å². The Morgan fingerprint density at radius 1 is 0.721 bits per heavy atom. The molecule has 0 N–H and O–H groups in total. The molecule has 0 aliphatic heterocycles. The van der Waals surface area contributed by atoms with Gasteiger partial charge in [0.25, 0.3) is 0 Å². The van der Waals surface area contributed by atoms with Crippen LogP contribution in [0, 0.1) is 5.92 Å². The first-order valence-electron chi connectivity index (χ1n) is 16.4. The Morgan fingerprint density at radius 3 is 1.81 bits per heavy atom. The summed E-state index contributed by atoms with van der Waals surface area (Å²) in [6.45, 7) is 31.5. The molecule has 5 rings (SSSR count). The van der Waals surface area contributed by atoms with Crippen molar-refractivity contribution in [3.05, 3.63) is 116 Å². The molecule has 0 bridgehead atoms. The summed E-state index contributed by atoms with van der Waals surface area (Å²) in [7, 11) is -0.953. The Labute approximate surface area is 264 Å². The number of fused-ring (bicyclic) bond motifs is 1. The Kier molecular flexibility index (Phi) is 8.23. The molecule has 225 valence electrons. The quantitative estimate of drug-likeness (QED) is 0.261. The summed E-state index contributed by atoms with van der Waals surface area (Å²) < 4.78 is 0. The SMILES string of the molecule is CC1=C(C)C(C)C([Si](C)C2C(c3cc(-c4ccccc4)c(C(C)(C)C)c(C(C)C)c3C(C)(C)C)=Cc3ccccc32)=C1C. The number of benzene rings is 3. The van der Waals surface area contributed by atoms with Crippen LogP contribution < -0.4 is 0 Å². The molecule has 1 heteroatoms. The summed E-state index contributed by atoms with van der Waals surface area (Å²) in [5.41, 5.74) is 18.3. The fourth-order valence-corrected chi connectivity index (χ4v) is 11.6. The number of hydrogen-bond donors (Lipinski definition) is 0. The number of hydrogen-bond acceptors (Lipinski definition) is 0. The van der Waals surface area contributed by atoms with E-state index in [0.29, 0.717) is 17.4 Å². The minimum absolute atomic E-state index is 0.00443. The molecule has 2 aliphatic rings. The highest BCUT2D eigenvalue weighted by Gasteiger charge is 2.41. The van der Waals surface area contributed by atoms with E-state index < -0.39 is 8.80 Å². The van der Waals surface area contributed by atoms with Crippen molar-refractivity contribution in [1.82, 2.24) is 0 Å². The number of rotatable bonds is 5. The van der Waals surface area contributed by atoms with Gasteiger partial charge in [-0.15, -0.1) is 0 Å². The van der Waals surface area contributed by atoms with Crippen molar-refractivity contribution in [2.75, 3.05) is 0 Å². The fraction of sp³-hybridized carbons (Fsp3) is 0.429. The highest BCUT2D eigenvalue weighted by molar-refractivity contribution is 6.70. The van der Waals surface area contributed by atoms with E-state index in [1.807, 2.05) is 0 Å². The first-order valence-corrected chi connectivity index (χ1v) is 18.4. The summed E-state index contributed by atoms with van der Waals surface area (Å²) >= 11 is 0. The molecule has 0 spiro atoms. The molecular weight excluding hydrogens is 533 g/mol. The maximum atomic E-state index is 2.61. The third-order valence-electron chi connectivity index (χ3n) is 10.3. The summed E-state index contributed by atoms with van der Waals surface area (Å²) in [5.74, 6) is 0.943. The van der Waals surface area contributed by atoms with Gasteiger partial charge in [-0.05, 0) is 105 Å². The van der Waals surface area contributed by atoms with Crippen LogP contribution in [0.3, 0.4) is 0 Å². The van der Waals surface area contributed by atoms with Crippen LogP contribution in [-0.2, 0) is 10.8 Å². The van der Waals surface area contributed by atoms with Gasteiger partial charge in [0.1, 0.15) is 0 Å². The largest absolute Gasteiger partial charge is 0.0910 e. The predicted octanol–water partition coefficient (Wildman–Crippen LogP) is 12.2.